The van der Waals surface area contributed by atoms with E-state index in [0.29, 0.717) is 15.9 Å². The first-order valence-corrected chi connectivity index (χ1v) is 9.53. The molecular weight excluding hydrogens is 362 g/mol. The molecular formula is C20H17N3O3S. The van der Waals surface area contributed by atoms with E-state index in [0.717, 1.165) is 28.1 Å². The minimum atomic E-state index is -0.513. The van der Waals surface area contributed by atoms with Crippen LogP contribution in [0.2, 0.25) is 0 Å². The second-order valence-corrected chi connectivity index (χ2v) is 7.26. The van der Waals surface area contributed by atoms with Crippen molar-refractivity contribution in [1.82, 2.24) is 9.47 Å². The lowest BCUT2D eigenvalue weighted by Crippen LogP contribution is -2.35. The molecule has 0 N–H and O–H groups in total. The van der Waals surface area contributed by atoms with E-state index in [4.69, 9.17) is 0 Å². The summed E-state index contributed by atoms with van der Waals surface area (Å²) < 4.78 is 3.04. The minimum absolute atomic E-state index is 0.332. The number of amides is 3. The normalized spacial score (nSPS) is 14.3. The largest absolute Gasteiger partial charge is 0.316 e. The first-order valence-electron chi connectivity index (χ1n) is 8.71. The lowest BCUT2D eigenvalue weighted by Gasteiger charge is -2.10. The maximum Gasteiger partial charge on any atom is 0.268 e. The summed E-state index contributed by atoms with van der Waals surface area (Å²) in [7, 11) is 0. The quantitative estimate of drug-likeness (QED) is 0.655. The Morgan fingerprint density at radius 1 is 1.00 bits per heavy atom. The Kier molecular flexibility index (Phi) is 4.45. The van der Waals surface area contributed by atoms with Crippen LogP contribution in [0, 0.1) is 0 Å². The highest BCUT2D eigenvalue weighted by Gasteiger charge is 2.36. The van der Waals surface area contributed by atoms with E-state index >= 15 is 0 Å². The average molecular weight is 379 g/mol. The topological polar surface area (TPSA) is 71.7 Å². The monoisotopic (exact) mass is 379 g/mol. The molecule has 0 fully saturated rings. The zero-order chi connectivity index (χ0) is 19.0. The number of hydrogen-bond donors (Lipinski definition) is 0. The van der Waals surface area contributed by atoms with Crippen molar-refractivity contribution in [2.45, 2.75) is 19.9 Å². The van der Waals surface area contributed by atoms with Crippen molar-refractivity contribution in [3.8, 4) is 0 Å². The van der Waals surface area contributed by atoms with Gasteiger partial charge < -0.3 is 4.57 Å². The van der Waals surface area contributed by atoms with E-state index in [-0.39, 0.29) is 6.54 Å². The third kappa shape index (κ3) is 3.00. The van der Waals surface area contributed by atoms with Gasteiger partial charge in [-0.05, 0) is 30.7 Å². The number of thiazole rings is 1. The molecule has 4 rings (SSSR count). The summed E-state index contributed by atoms with van der Waals surface area (Å²) in [5.74, 6) is -1.41. The van der Waals surface area contributed by atoms with Gasteiger partial charge in [-0.1, -0.05) is 42.5 Å². The molecule has 0 saturated heterocycles. The molecule has 7 heteroatoms. The molecule has 0 aliphatic carbocycles. The van der Waals surface area contributed by atoms with E-state index in [1.165, 1.54) is 11.3 Å². The molecule has 0 unspecified atom stereocenters. The molecule has 6 nitrogen and oxygen atoms in total. The van der Waals surface area contributed by atoms with E-state index < -0.39 is 17.7 Å². The SMILES string of the molecule is CCCn1c(=NC(=O)CN2C(=O)c3ccccc3C2=O)sc2ccccc21. The number of imide groups is 1. The number of nitrogens with zero attached hydrogens (tertiary/aromatic N) is 3. The van der Waals surface area contributed by atoms with Gasteiger partial charge in [0.05, 0.1) is 21.3 Å². The molecule has 27 heavy (non-hydrogen) atoms. The smallest absolute Gasteiger partial charge is 0.268 e. The molecule has 0 radical (unpaired) electrons. The van der Waals surface area contributed by atoms with Crippen molar-refractivity contribution >= 4 is 39.3 Å². The molecule has 3 aromatic rings. The van der Waals surface area contributed by atoms with Crippen LogP contribution >= 0.6 is 11.3 Å². The van der Waals surface area contributed by atoms with E-state index in [1.54, 1.807) is 24.3 Å². The second-order valence-electron chi connectivity index (χ2n) is 6.25. The first-order chi connectivity index (χ1) is 13.1. The molecule has 0 saturated carbocycles. The van der Waals surface area contributed by atoms with Gasteiger partial charge in [-0.15, -0.1) is 0 Å². The predicted molar refractivity (Wildman–Crippen MR) is 102 cm³/mol. The summed E-state index contributed by atoms with van der Waals surface area (Å²) in [5, 5.41) is 0. The van der Waals surface area contributed by atoms with Gasteiger partial charge in [0.1, 0.15) is 6.54 Å². The third-order valence-electron chi connectivity index (χ3n) is 4.43. The van der Waals surface area contributed by atoms with Crippen LogP contribution in [-0.4, -0.2) is 33.7 Å². The average Bonchev–Trinajstić information content (AvgIpc) is 3.13. The van der Waals surface area contributed by atoms with E-state index in [1.807, 2.05) is 28.8 Å². The van der Waals surface area contributed by atoms with Crippen LogP contribution in [0.1, 0.15) is 34.1 Å². The zero-order valence-electron chi connectivity index (χ0n) is 14.7. The van der Waals surface area contributed by atoms with Crippen LogP contribution in [0.4, 0.5) is 0 Å². The van der Waals surface area contributed by atoms with Gasteiger partial charge in [0.15, 0.2) is 4.80 Å². The van der Waals surface area contributed by atoms with Crippen molar-refractivity contribution < 1.29 is 14.4 Å². The van der Waals surface area contributed by atoms with Gasteiger partial charge in [0.2, 0.25) is 0 Å². The number of aryl methyl sites for hydroxylation is 1. The van der Waals surface area contributed by atoms with Gasteiger partial charge >= 0.3 is 0 Å². The fourth-order valence-electron chi connectivity index (χ4n) is 3.21. The van der Waals surface area contributed by atoms with Crippen LogP contribution in [0.5, 0.6) is 0 Å². The minimum Gasteiger partial charge on any atom is -0.316 e. The number of benzene rings is 2. The van der Waals surface area contributed by atoms with Crippen LogP contribution in [-0.2, 0) is 11.3 Å². The molecule has 136 valence electrons. The molecule has 0 bridgehead atoms. The lowest BCUT2D eigenvalue weighted by molar-refractivity contribution is -0.118. The molecule has 1 aromatic heterocycles. The maximum atomic E-state index is 12.5. The fraction of sp³-hybridized carbons (Fsp3) is 0.200. The van der Waals surface area contributed by atoms with Crippen LogP contribution in [0.15, 0.2) is 53.5 Å². The van der Waals surface area contributed by atoms with Crippen LogP contribution in [0.25, 0.3) is 10.2 Å². The summed E-state index contributed by atoms with van der Waals surface area (Å²) in [6.45, 7) is 2.44. The molecule has 0 atom stereocenters. The van der Waals surface area contributed by atoms with Gasteiger partial charge in [-0.25, -0.2) is 0 Å². The Hall–Kier alpha value is -3.06. The lowest BCUT2D eigenvalue weighted by atomic mass is 10.1. The van der Waals surface area contributed by atoms with Gasteiger partial charge in [-0.3, -0.25) is 19.3 Å². The van der Waals surface area contributed by atoms with Crippen molar-refractivity contribution in [1.29, 1.82) is 0 Å². The molecule has 2 heterocycles. The summed E-state index contributed by atoms with van der Waals surface area (Å²) in [6.07, 6.45) is 0.903. The highest BCUT2D eigenvalue weighted by Crippen LogP contribution is 2.22. The molecule has 0 spiro atoms. The maximum absolute atomic E-state index is 12.5. The van der Waals surface area contributed by atoms with Gasteiger partial charge in [0, 0.05) is 6.54 Å². The second kappa shape index (κ2) is 6.92. The number of carbonyl (C=O) groups is 3. The Balaban J connectivity index is 1.65. The van der Waals surface area contributed by atoms with Crippen molar-refractivity contribution in [2.75, 3.05) is 6.54 Å². The number of rotatable bonds is 4. The number of carbonyl (C=O) groups excluding carboxylic acids is 3. The zero-order valence-corrected chi connectivity index (χ0v) is 15.5. The number of hydrogen-bond acceptors (Lipinski definition) is 4. The Bertz CT molecular complexity index is 1110. The molecule has 3 amide bonds. The molecule has 1 aliphatic heterocycles. The summed E-state index contributed by atoms with van der Waals surface area (Å²) in [5.41, 5.74) is 1.69. The number of para-hydroxylation sites is 1. The van der Waals surface area contributed by atoms with Crippen molar-refractivity contribution in [3.05, 3.63) is 64.5 Å². The third-order valence-corrected chi connectivity index (χ3v) is 5.49. The Morgan fingerprint density at radius 2 is 1.63 bits per heavy atom. The van der Waals surface area contributed by atoms with Gasteiger partial charge in [-0.2, -0.15) is 4.99 Å². The molecule has 2 aromatic carbocycles. The number of fused-ring (bicyclic) bond motifs is 2. The first kappa shape index (κ1) is 17.4. The van der Waals surface area contributed by atoms with E-state index in [2.05, 4.69) is 11.9 Å². The Labute approximate surface area is 159 Å². The molecule has 1 aliphatic rings. The Morgan fingerprint density at radius 3 is 2.30 bits per heavy atom. The van der Waals surface area contributed by atoms with Crippen molar-refractivity contribution in [2.24, 2.45) is 4.99 Å². The van der Waals surface area contributed by atoms with Gasteiger partial charge in [0.25, 0.3) is 17.7 Å². The number of aromatic nitrogens is 1. The van der Waals surface area contributed by atoms with Crippen LogP contribution < -0.4 is 4.80 Å². The fourth-order valence-corrected chi connectivity index (χ4v) is 4.28. The van der Waals surface area contributed by atoms with Crippen molar-refractivity contribution in [3.63, 3.8) is 0 Å². The highest BCUT2D eigenvalue weighted by atomic mass is 32.1. The van der Waals surface area contributed by atoms with E-state index in [9.17, 15) is 14.4 Å². The standard InChI is InChI=1S/C20H17N3O3S/c1-2-11-22-15-9-5-6-10-16(15)27-20(22)21-17(24)12-23-18(25)13-7-3-4-8-14(13)19(23)26/h3-10H,2,11-12H2,1H3. The summed E-state index contributed by atoms with van der Waals surface area (Å²) >= 11 is 1.43. The highest BCUT2D eigenvalue weighted by molar-refractivity contribution is 7.16. The summed E-state index contributed by atoms with van der Waals surface area (Å²) in [4.78, 5) is 43.1. The predicted octanol–water partition coefficient (Wildman–Crippen LogP) is 2.84. The van der Waals surface area contributed by atoms with Crippen LogP contribution in [0.3, 0.4) is 0 Å². The summed E-state index contributed by atoms with van der Waals surface area (Å²) in [6, 6.07) is 14.5.